The van der Waals surface area contributed by atoms with Gasteiger partial charge in [0.25, 0.3) is 0 Å². The number of carbonyl (C=O) groups excluding carboxylic acids is 1. The maximum Gasteiger partial charge on any atom is 0.340 e. The molecule has 0 radical (unpaired) electrons. The van der Waals surface area contributed by atoms with Crippen molar-refractivity contribution in [1.82, 2.24) is 0 Å². The van der Waals surface area contributed by atoms with Crippen LogP contribution in [-0.4, -0.2) is 82.2 Å². The highest BCUT2D eigenvalue weighted by atomic mass is 16.8. The van der Waals surface area contributed by atoms with E-state index in [4.69, 9.17) is 18.9 Å². The molecule has 5 rings (SSSR count). The molecule has 5 aliphatic rings. The molecular formula is C20H30O9. The third-order valence-corrected chi connectivity index (χ3v) is 8.42. The summed E-state index contributed by atoms with van der Waals surface area (Å²) in [7, 11) is 0. The molecule has 4 aliphatic heterocycles. The summed E-state index contributed by atoms with van der Waals surface area (Å²) in [5.41, 5.74) is -4.73. The van der Waals surface area contributed by atoms with Gasteiger partial charge in [0.2, 0.25) is 0 Å². The number of hydrogen-bond donors (Lipinski definition) is 4. The Kier molecular flexibility index (Phi) is 3.95. The molecule has 5 fully saturated rings. The number of aliphatic hydroxyl groups is 4. The zero-order valence-electron chi connectivity index (χ0n) is 17.1. The quantitative estimate of drug-likeness (QED) is 0.404. The van der Waals surface area contributed by atoms with Crippen molar-refractivity contribution in [3.63, 3.8) is 0 Å². The van der Waals surface area contributed by atoms with E-state index in [-0.39, 0.29) is 17.9 Å². The number of aliphatic hydroxyl groups excluding tert-OH is 4. The second-order valence-electron chi connectivity index (χ2n) is 10.4. The first-order chi connectivity index (χ1) is 13.5. The average Bonchev–Trinajstić information content (AvgIpc) is 3.23. The van der Waals surface area contributed by atoms with E-state index in [9.17, 15) is 25.2 Å². The molecule has 0 bridgehead atoms. The maximum atomic E-state index is 13.3. The number of esters is 1. The monoisotopic (exact) mass is 414 g/mol. The lowest BCUT2D eigenvalue weighted by Crippen LogP contribution is -2.68. The largest absolute Gasteiger partial charge is 0.459 e. The molecule has 6 unspecified atom stereocenters. The van der Waals surface area contributed by atoms with E-state index in [1.54, 1.807) is 6.92 Å². The Balaban J connectivity index is 1.86. The predicted molar refractivity (Wildman–Crippen MR) is 95.0 cm³/mol. The van der Waals surface area contributed by atoms with Crippen molar-refractivity contribution in [2.24, 2.45) is 28.1 Å². The molecule has 4 saturated heterocycles. The third-order valence-electron chi connectivity index (χ3n) is 8.42. The van der Waals surface area contributed by atoms with Crippen LogP contribution in [0, 0.1) is 28.1 Å². The van der Waals surface area contributed by atoms with Crippen LogP contribution < -0.4 is 0 Å². The van der Waals surface area contributed by atoms with Gasteiger partial charge in [0.1, 0.15) is 18.3 Å². The zero-order valence-corrected chi connectivity index (χ0v) is 17.1. The molecule has 9 nitrogen and oxygen atoms in total. The number of hydrogen-bond acceptors (Lipinski definition) is 9. The highest BCUT2D eigenvalue weighted by molar-refractivity contribution is 5.86. The molecule has 0 aromatic rings. The van der Waals surface area contributed by atoms with Crippen molar-refractivity contribution in [2.45, 2.75) is 76.7 Å². The van der Waals surface area contributed by atoms with Crippen LogP contribution in [0.15, 0.2) is 0 Å². The first-order valence-corrected chi connectivity index (χ1v) is 10.3. The average molecular weight is 414 g/mol. The number of rotatable bonds is 1. The molecule has 4 heterocycles. The molecule has 0 amide bonds. The summed E-state index contributed by atoms with van der Waals surface area (Å²) in [5.74, 6) is -1.44. The van der Waals surface area contributed by atoms with E-state index in [1.165, 1.54) is 0 Å². The fourth-order valence-corrected chi connectivity index (χ4v) is 7.57. The normalized spacial score (nSPS) is 58.6. The highest BCUT2D eigenvalue weighted by Gasteiger charge is 2.95. The Bertz CT molecular complexity index is 736. The van der Waals surface area contributed by atoms with Crippen molar-refractivity contribution in [3.05, 3.63) is 0 Å². The van der Waals surface area contributed by atoms with E-state index < -0.39 is 71.9 Å². The Morgan fingerprint density at radius 2 is 1.86 bits per heavy atom. The Labute approximate surface area is 168 Å². The minimum Gasteiger partial charge on any atom is -0.459 e. The third kappa shape index (κ3) is 1.83. The van der Waals surface area contributed by atoms with Crippen LogP contribution in [0.1, 0.15) is 34.1 Å². The van der Waals surface area contributed by atoms with Crippen molar-refractivity contribution in [2.75, 3.05) is 13.2 Å². The molecule has 29 heavy (non-hydrogen) atoms. The lowest BCUT2D eigenvalue weighted by molar-refractivity contribution is -0.239. The second-order valence-corrected chi connectivity index (χ2v) is 10.4. The van der Waals surface area contributed by atoms with E-state index in [1.807, 2.05) is 20.8 Å². The first-order valence-electron chi connectivity index (χ1n) is 10.3. The molecule has 2 spiro atoms. The number of carbonyl (C=O) groups is 1. The highest BCUT2D eigenvalue weighted by Crippen LogP contribution is 2.80. The molecule has 0 aromatic heterocycles. The van der Waals surface area contributed by atoms with Gasteiger partial charge in [-0.15, -0.1) is 0 Å². The van der Waals surface area contributed by atoms with Gasteiger partial charge in [0, 0.05) is 5.92 Å². The molecule has 4 N–H and O–H groups in total. The van der Waals surface area contributed by atoms with Gasteiger partial charge in [-0.25, -0.2) is 4.79 Å². The molecule has 9 heteroatoms. The molecule has 1 aliphatic carbocycles. The van der Waals surface area contributed by atoms with Gasteiger partial charge < -0.3 is 39.4 Å². The molecule has 1 saturated carbocycles. The summed E-state index contributed by atoms with van der Waals surface area (Å²) in [4.78, 5) is 13.3. The van der Waals surface area contributed by atoms with Crippen molar-refractivity contribution in [3.8, 4) is 0 Å². The molecular weight excluding hydrogens is 384 g/mol. The Hall–Kier alpha value is -0.810. The van der Waals surface area contributed by atoms with Gasteiger partial charge in [0.05, 0.1) is 30.1 Å². The van der Waals surface area contributed by atoms with E-state index >= 15 is 0 Å². The standard InChI is InChI=1S/C20H30O9/c1-8-7-26-9(6-21)12(22)19-11-5-10(17(2,3)4)18(19)13(23)14(24)28-16(18)29-20(8,19)15(25)27-11/h8-14,16,21-24H,5-7H2,1-4H3/t8-,9?,10+,11?,12+,13+,14+,16?,18?,19?,20?/m1/s1. The van der Waals surface area contributed by atoms with Gasteiger partial charge in [-0.1, -0.05) is 27.7 Å². The van der Waals surface area contributed by atoms with Gasteiger partial charge in [0.15, 0.2) is 18.2 Å². The second kappa shape index (κ2) is 5.70. The van der Waals surface area contributed by atoms with Gasteiger partial charge >= 0.3 is 5.97 Å². The molecule has 11 atom stereocenters. The van der Waals surface area contributed by atoms with E-state index in [2.05, 4.69) is 0 Å². The maximum absolute atomic E-state index is 13.3. The summed E-state index contributed by atoms with van der Waals surface area (Å²) < 4.78 is 23.6. The summed E-state index contributed by atoms with van der Waals surface area (Å²) >= 11 is 0. The van der Waals surface area contributed by atoms with Crippen LogP contribution in [0.2, 0.25) is 0 Å². The summed E-state index contributed by atoms with van der Waals surface area (Å²) in [6, 6.07) is 0. The summed E-state index contributed by atoms with van der Waals surface area (Å²) in [5, 5.41) is 43.5. The van der Waals surface area contributed by atoms with Crippen LogP contribution in [0.25, 0.3) is 0 Å². The van der Waals surface area contributed by atoms with Gasteiger partial charge in [-0.2, -0.15) is 0 Å². The predicted octanol–water partition coefficient (Wildman–Crippen LogP) is -0.857. The topological polar surface area (TPSA) is 135 Å². The molecule has 164 valence electrons. The smallest absolute Gasteiger partial charge is 0.340 e. The Morgan fingerprint density at radius 3 is 2.48 bits per heavy atom. The minimum atomic E-state index is -1.60. The first kappa shape index (κ1) is 20.1. The molecule has 0 aromatic carbocycles. The SMILES string of the molecule is C[C@@H]1COC(CO)[C@H](O)C23C4C[C@@H](C(C)(C)C)C25C(O[C@H](O)[C@@H]5O)OC13C(=O)O4. The van der Waals surface area contributed by atoms with Crippen LogP contribution in [0.5, 0.6) is 0 Å². The fourth-order valence-electron chi connectivity index (χ4n) is 7.57. The van der Waals surface area contributed by atoms with E-state index in [0.29, 0.717) is 6.42 Å². The summed E-state index contributed by atoms with van der Waals surface area (Å²) in [6.07, 6.45) is -6.76. The van der Waals surface area contributed by atoms with Crippen LogP contribution in [0.4, 0.5) is 0 Å². The van der Waals surface area contributed by atoms with Crippen molar-refractivity contribution < 1.29 is 44.2 Å². The van der Waals surface area contributed by atoms with Crippen LogP contribution in [0.3, 0.4) is 0 Å². The lowest BCUT2D eigenvalue weighted by Gasteiger charge is -2.51. The van der Waals surface area contributed by atoms with Crippen molar-refractivity contribution >= 4 is 5.97 Å². The lowest BCUT2D eigenvalue weighted by atomic mass is 9.48. The van der Waals surface area contributed by atoms with Gasteiger partial charge in [-0.05, 0) is 17.8 Å². The zero-order chi connectivity index (χ0) is 21.1. The number of ether oxygens (including phenoxy) is 4. The van der Waals surface area contributed by atoms with Crippen LogP contribution in [-0.2, 0) is 23.7 Å². The summed E-state index contributed by atoms with van der Waals surface area (Å²) in [6.45, 7) is 7.40. The van der Waals surface area contributed by atoms with Gasteiger partial charge in [-0.3, -0.25) is 0 Å². The van der Waals surface area contributed by atoms with E-state index in [0.717, 1.165) is 0 Å². The van der Waals surface area contributed by atoms with Crippen molar-refractivity contribution in [1.29, 1.82) is 0 Å². The van der Waals surface area contributed by atoms with Crippen LogP contribution >= 0.6 is 0 Å². The Morgan fingerprint density at radius 1 is 1.17 bits per heavy atom. The fraction of sp³-hybridized carbons (Fsp3) is 0.950. The minimum absolute atomic E-state index is 0.0630.